The fourth-order valence-electron chi connectivity index (χ4n) is 2.68. The van der Waals surface area contributed by atoms with Crippen LogP contribution in [-0.2, 0) is 4.79 Å². The SMILES string of the molecule is CCOc1ccccc1-c1nnc(SC(C)C(=O)Nc2ccc(C)cc2C)o1. The molecule has 0 saturated carbocycles. The predicted octanol–water partition coefficient (Wildman–Crippen LogP) is 4.87. The molecule has 1 unspecified atom stereocenters. The zero-order valence-corrected chi connectivity index (χ0v) is 17.2. The average Bonchev–Trinajstić information content (AvgIpc) is 3.13. The van der Waals surface area contributed by atoms with Gasteiger partial charge in [-0.15, -0.1) is 10.2 Å². The fraction of sp³-hybridized carbons (Fsp3) is 0.286. The molecule has 1 N–H and O–H groups in total. The maximum absolute atomic E-state index is 12.5. The van der Waals surface area contributed by atoms with Crippen LogP contribution in [0.2, 0.25) is 0 Å². The Hall–Kier alpha value is -2.80. The third-order valence-electron chi connectivity index (χ3n) is 4.11. The number of hydrogen-bond donors (Lipinski definition) is 1. The van der Waals surface area contributed by atoms with Crippen molar-refractivity contribution in [1.82, 2.24) is 10.2 Å². The summed E-state index contributed by atoms with van der Waals surface area (Å²) in [5.74, 6) is 0.936. The van der Waals surface area contributed by atoms with Crippen LogP contribution in [0, 0.1) is 13.8 Å². The van der Waals surface area contributed by atoms with E-state index < -0.39 is 5.25 Å². The van der Waals surface area contributed by atoms with Gasteiger partial charge < -0.3 is 14.5 Å². The monoisotopic (exact) mass is 397 g/mol. The molecule has 0 radical (unpaired) electrons. The molecule has 0 fully saturated rings. The van der Waals surface area contributed by atoms with Gasteiger partial charge in [-0.25, -0.2) is 0 Å². The number of nitrogens with one attached hydrogen (secondary N) is 1. The lowest BCUT2D eigenvalue weighted by Crippen LogP contribution is -2.22. The molecule has 3 aromatic rings. The summed E-state index contributed by atoms with van der Waals surface area (Å²) in [6.07, 6.45) is 0. The quantitative estimate of drug-likeness (QED) is 0.573. The first-order chi connectivity index (χ1) is 13.5. The van der Waals surface area contributed by atoms with Crippen molar-refractivity contribution >= 4 is 23.4 Å². The lowest BCUT2D eigenvalue weighted by Gasteiger charge is -2.12. The lowest BCUT2D eigenvalue weighted by molar-refractivity contribution is -0.115. The zero-order chi connectivity index (χ0) is 20.1. The molecule has 28 heavy (non-hydrogen) atoms. The molecule has 6 nitrogen and oxygen atoms in total. The number of carbonyl (C=O) groups excluding carboxylic acids is 1. The Morgan fingerprint density at radius 1 is 1.21 bits per heavy atom. The number of rotatable bonds is 7. The van der Waals surface area contributed by atoms with Crippen molar-refractivity contribution in [2.24, 2.45) is 0 Å². The van der Waals surface area contributed by atoms with Gasteiger partial charge in [-0.2, -0.15) is 0 Å². The van der Waals surface area contributed by atoms with Crippen LogP contribution in [0.1, 0.15) is 25.0 Å². The van der Waals surface area contributed by atoms with Crippen molar-refractivity contribution < 1.29 is 13.9 Å². The summed E-state index contributed by atoms with van der Waals surface area (Å²) in [5, 5.41) is 11.1. The second-order valence-corrected chi connectivity index (χ2v) is 7.66. The molecule has 7 heteroatoms. The largest absolute Gasteiger partial charge is 0.493 e. The first-order valence-corrected chi connectivity index (χ1v) is 9.96. The summed E-state index contributed by atoms with van der Waals surface area (Å²) in [7, 11) is 0. The summed E-state index contributed by atoms with van der Waals surface area (Å²) in [6.45, 7) is 8.26. The van der Waals surface area contributed by atoms with E-state index >= 15 is 0 Å². The molecular formula is C21H23N3O3S. The molecule has 0 aliphatic carbocycles. The van der Waals surface area contributed by atoms with Gasteiger partial charge in [-0.05, 0) is 51.5 Å². The smallest absolute Gasteiger partial charge is 0.277 e. The first kappa shape index (κ1) is 19.9. The van der Waals surface area contributed by atoms with E-state index in [2.05, 4.69) is 15.5 Å². The van der Waals surface area contributed by atoms with Crippen molar-refractivity contribution in [2.45, 2.75) is 38.2 Å². The molecular weight excluding hydrogens is 374 g/mol. The van der Waals surface area contributed by atoms with Crippen LogP contribution < -0.4 is 10.1 Å². The fourth-order valence-corrected chi connectivity index (χ4v) is 3.37. The molecule has 1 heterocycles. The molecule has 0 aliphatic rings. The van der Waals surface area contributed by atoms with E-state index in [9.17, 15) is 4.79 Å². The molecule has 0 spiro atoms. The number of carbonyl (C=O) groups is 1. The molecule has 0 aliphatic heterocycles. The molecule has 0 saturated heterocycles. The molecule has 0 bridgehead atoms. The summed E-state index contributed by atoms with van der Waals surface area (Å²) in [4.78, 5) is 12.5. The van der Waals surface area contributed by atoms with Gasteiger partial charge >= 0.3 is 0 Å². The Morgan fingerprint density at radius 2 is 2.00 bits per heavy atom. The van der Waals surface area contributed by atoms with E-state index in [1.165, 1.54) is 11.8 Å². The first-order valence-electron chi connectivity index (χ1n) is 9.08. The van der Waals surface area contributed by atoms with Gasteiger partial charge in [0.2, 0.25) is 5.91 Å². The molecule has 2 aromatic carbocycles. The topological polar surface area (TPSA) is 77.2 Å². The molecule has 1 atom stereocenters. The van der Waals surface area contributed by atoms with Crippen molar-refractivity contribution in [3.63, 3.8) is 0 Å². The third kappa shape index (κ3) is 4.72. The number of aromatic nitrogens is 2. The van der Waals surface area contributed by atoms with Crippen LogP contribution in [0.5, 0.6) is 5.75 Å². The predicted molar refractivity (Wildman–Crippen MR) is 111 cm³/mol. The highest BCUT2D eigenvalue weighted by Gasteiger charge is 2.20. The lowest BCUT2D eigenvalue weighted by atomic mass is 10.1. The number of thioether (sulfide) groups is 1. The molecule has 146 valence electrons. The number of amides is 1. The number of hydrogen-bond acceptors (Lipinski definition) is 6. The van der Waals surface area contributed by atoms with Gasteiger partial charge in [-0.1, -0.05) is 41.6 Å². The van der Waals surface area contributed by atoms with Gasteiger partial charge in [0.05, 0.1) is 17.4 Å². The van der Waals surface area contributed by atoms with Gasteiger partial charge in [0.25, 0.3) is 11.1 Å². The second-order valence-electron chi connectivity index (χ2n) is 6.37. The van der Waals surface area contributed by atoms with Gasteiger partial charge in [0.1, 0.15) is 5.75 Å². The Labute approximate surface area is 168 Å². The minimum absolute atomic E-state index is 0.119. The van der Waals surface area contributed by atoms with Gasteiger partial charge in [0.15, 0.2) is 0 Å². The zero-order valence-electron chi connectivity index (χ0n) is 16.4. The summed E-state index contributed by atoms with van der Waals surface area (Å²) in [5.41, 5.74) is 3.72. The Bertz CT molecular complexity index is 971. The maximum atomic E-state index is 12.5. The van der Waals surface area contributed by atoms with Gasteiger partial charge in [-0.3, -0.25) is 4.79 Å². The highest BCUT2D eigenvalue weighted by Crippen LogP contribution is 2.32. The second kappa shape index (κ2) is 8.93. The number of aryl methyl sites for hydroxylation is 2. The van der Waals surface area contributed by atoms with Crippen LogP contribution in [-0.4, -0.2) is 28.0 Å². The van der Waals surface area contributed by atoms with Crippen LogP contribution in [0.25, 0.3) is 11.5 Å². The molecule has 1 amide bonds. The minimum Gasteiger partial charge on any atom is -0.493 e. The Kier molecular flexibility index (Phi) is 6.36. The number of nitrogens with zero attached hydrogens (tertiary/aromatic N) is 2. The highest BCUT2D eigenvalue weighted by atomic mass is 32.2. The minimum atomic E-state index is -0.392. The van der Waals surface area contributed by atoms with Crippen molar-refractivity contribution in [3.05, 3.63) is 53.6 Å². The number of benzene rings is 2. The van der Waals surface area contributed by atoms with E-state index in [-0.39, 0.29) is 5.91 Å². The van der Waals surface area contributed by atoms with E-state index in [1.807, 2.05) is 70.2 Å². The number of ether oxygens (including phenoxy) is 1. The normalized spacial score (nSPS) is 11.9. The summed E-state index contributed by atoms with van der Waals surface area (Å²) >= 11 is 1.22. The standard InChI is InChI=1S/C21H23N3O3S/c1-5-26-18-9-7-6-8-16(18)20-23-24-21(27-20)28-15(4)19(25)22-17-11-10-13(2)12-14(17)3/h6-12,15H,5H2,1-4H3,(H,22,25). The Morgan fingerprint density at radius 3 is 2.75 bits per heavy atom. The highest BCUT2D eigenvalue weighted by molar-refractivity contribution is 8.00. The van der Waals surface area contributed by atoms with Crippen molar-refractivity contribution in [1.29, 1.82) is 0 Å². The van der Waals surface area contributed by atoms with Crippen molar-refractivity contribution in [3.8, 4) is 17.2 Å². The van der Waals surface area contributed by atoms with E-state index in [0.29, 0.717) is 23.5 Å². The molecule has 1 aromatic heterocycles. The summed E-state index contributed by atoms with van der Waals surface area (Å²) in [6, 6.07) is 13.4. The molecule has 3 rings (SSSR count). The third-order valence-corrected chi connectivity index (χ3v) is 5.04. The number of para-hydroxylation sites is 1. The van der Waals surface area contributed by atoms with Crippen LogP contribution in [0.15, 0.2) is 52.1 Å². The van der Waals surface area contributed by atoms with Gasteiger partial charge in [0, 0.05) is 5.69 Å². The average molecular weight is 398 g/mol. The van der Waals surface area contributed by atoms with Crippen LogP contribution in [0.3, 0.4) is 0 Å². The van der Waals surface area contributed by atoms with E-state index in [4.69, 9.17) is 9.15 Å². The Balaban J connectivity index is 1.68. The van der Waals surface area contributed by atoms with Crippen LogP contribution in [0.4, 0.5) is 5.69 Å². The van der Waals surface area contributed by atoms with E-state index in [0.717, 1.165) is 22.4 Å². The number of anilines is 1. The summed E-state index contributed by atoms with van der Waals surface area (Å²) < 4.78 is 11.4. The van der Waals surface area contributed by atoms with Crippen molar-refractivity contribution in [2.75, 3.05) is 11.9 Å². The van der Waals surface area contributed by atoms with E-state index in [1.54, 1.807) is 0 Å². The maximum Gasteiger partial charge on any atom is 0.277 e. The van der Waals surface area contributed by atoms with Crippen LogP contribution >= 0.6 is 11.8 Å².